The Morgan fingerprint density at radius 1 is 1.13 bits per heavy atom. The molecular formula is C23H21N3O2S3. The van der Waals surface area contributed by atoms with Gasteiger partial charge in [-0.05, 0) is 47.9 Å². The molecule has 2 aromatic heterocycles. The maximum Gasteiger partial charge on any atom is 0.272 e. The molecular weight excluding hydrogens is 446 g/mol. The number of thiophene rings is 1. The monoisotopic (exact) mass is 467 g/mol. The van der Waals surface area contributed by atoms with Gasteiger partial charge in [-0.25, -0.2) is 4.98 Å². The number of hydrogen-bond donors (Lipinski definition) is 1. The van der Waals surface area contributed by atoms with Crippen LogP contribution < -0.4 is 10.9 Å². The minimum absolute atomic E-state index is 0.0495. The van der Waals surface area contributed by atoms with Gasteiger partial charge in [0.15, 0.2) is 5.16 Å². The number of nitrogens with one attached hydrogen (secondary N) is 1. The van der Waals surface area contributed by atoms with Crippen LogP contribution in [-0.2, 0) is 17.8 Å². The van der Waals surface area contributed by atoms with E-state index in [0.29, 0.717) is 21.9 Å². The zero-order chi connectivity index (χ0) is 21.6. The molecule has 1 amide bonds. The van der Waals surface area contributed by atoms with Crippen LogP contribution in [0.3, 0.4) is 0 Å². The van der Waals surface area contributed by atoms with Gasteiger partial charge in [-0.2, -0.15) is 0 Å². The van der Waals surface area contributed by atoms with Crippen molar-refractivity contribution in [2.45, 2.75) is 23.0 Å². The highest BCUT2D eigenvalue weighted by molar-refractivity contribution is 7.99. The molecule has 8 heteroatoms. The number of fused-ring (bicyclic) bond motifs is 1. The van der Waals surface area contributed by atoms with E-state index >= 15 is 0 Å². The smallest absolute Gasteiger partial charge is 0.272 e. The van der Waals surface area contributed by atoms with Crippen LogP contribution in [0.5, 0.6) is 0 Å². The molecule has 0 atom stereocenters. The minimum atomic E-state index is -0.127. The number of anilines is 1. The summed E-state index contributed by atoms with van der Waals surface area (Å²) in [5, 5.41) is 5.37. The van der Waals surface area contributed by atoms with E-state index in [1.807, 2.05) is 72.3 Å². The topological polar surface area (TPSA) is 64.0 Å². The van der Waals surface area contributed by atoms with E-state index in [4.69, 9.17) is 0 Å². The molecule has 0 spiro atoms. The van der Waals surface area contributed by atoms with Gasteiger partial charge in [-0.15, -0.1) is 23.1 Å². The number of rotatable bonds is 8. The van der Waals surface area contributed by atoms with E-state index in [9.17, 15) is 9.59 Å². The van der Waals surface area contributed by atoms with Crippen LogP contribution >= 0.6 is 34.9 Å². The van der Waals surface area contributed by atoms with Crippen LogP contribution in [0.25, 0.3) is 10.2 Å². The van der Waals surface area contributed by atoms with Gasteiger partial charge >= 0.3 is 0 Å². The van der Waals surface area contributed by atoms with Crippen LogP contribution in [0, 0.1) is 0 Å². The molecule has 2 heterocycles. The van der Waals surface area contributed by atoms with E-state index in [2.05, 4.69) is 10.3 Å². The molecule has 0 fully saturated rings. The van der Waals surface area contributed by atoms with Crippen molar-refractivity contribution >= 4 is 56.7 Å². The Morgan fingerprint density at radius 3 is 2.77 bits per heavy atom. The van der Waals surface area contributed by atoms with Gasteiger partial charge in [0.05, 0.1) is 11.3 Å². The van der Waals surface area contributed by atoms with E-state index in [1.54, 1.807) is 16.3 Å². The zero-order valence-corrected chi connectivity index (χ0v) is 19.4. The number of thioether (sulfide) groups is 2. The molecule has 1 N–H and O–H groups in total. The highest BCUT2D eigenvalue weighted by Gasteiger charge is 2.14. The summed E-state index contributed by atoms with van der Waals surface area (Å²) in [7, 11) is 0. The van der Waals surface area contributed by atoms with E-state index in [-0.39, 0.29) is 17.2 Å². The molecule has 4 aromatic rings. The SMILES string of the molecule is CSc1cccc(NC(=O)CSc2nc3ccsc3c(=O)n2CCc2ccccc2)c1. The number of aryl methyl sites for hydroxylation is 1. The Bertz CT molecular complexity index is 1250. The quantitative estimate of drug-likeness (QED) is 0.287. The van der Waals surface area contributed by atoms with Crippen molar-refractivity contribution in [2.75, 3.05) is 17.3 Å². The number of hydrogen-bond acceptors (Lipinski definition) is 6. The Morgan fingerprint density at radius 2 is 1.97 bits per heavy atom. The lowest BCUT2D eigenvalue weighted by molar-refractivity contribution is -0.113. The molecule has 0 radical (unpaired) electrons. The molecule has 0 unspecified atom stereocenters. The molecule has 0 saturated heterocycles. The molecule has 0 aliphatic rings. The molecule has 2 aromatic carbocycles. The summed E-state index contributed by atoms with van der Waals surface area (Å²) in [5.74, 6) is 0.0502. The summed E-state index contributed by atoms with van der Waals surface area (Å²) >= 11 is 4.32. The Hall–Kier alpha value is -2.55. The van der Waals surface area contributed by atoms with Crippen LogP contribution in [0.1, 0.15) is 5.56 Å². The van der Waals surface area contributed by atoms with Crippen molar-refractivity contribution in [3.8, 4) is 0 Å². The van der Waals surface area contributed by atoms with Crippen LogP contribution in [0.15, 0.2) is 80.9 Å². The summed E-state index contributed by atoms with van der Waals surface area (Å²) in [6.07, 6.45) is 2.72. The lowest BCUT2D eigenvalue weighted by Gasteiger charge is -2.12. The van der Waals surface area contributed by atoms with Crippen molar-refractivity contribution in [3.63, 3.8) is 0 Å². The third kappa shape index (κ3) is 5.39. The average molecular weight is 468 g/mol. The number of carbonyl (C=O) groups is 1. The summed E-state index contributed by atoms with van der Waals surface area (Å²) < 4.78 is 2.34. The van der Waals surface area contributed by atoms with Crippen LogP contribution in [0.2, 0.25) is 0 Å². The highest BCUT2D eigenvalue weighted by atomic mass is 32.2. The first-order chi connectivity index (χ1) is 15.1. The van der Waals surface area contributed by atoms with Crippen molar-refractivity contribution in [3.05, 3.63) is 82.0 Å². The average Bonchev–Trinajstić information content (AvgIpc) is 3.27. The molecule has 0 aliphatic heterocycles. The maximum atomic E-state index is 13.1. The van der Waals surface area contributed by atoms with Gasteiger partial charge in [0.1, 0.15) is 4.70 Å². The maximum absolute atomic E-state index is 13.1. The first-order valence-corrected chi connectivity index (χ1v) is 12.8. The summed E-state index contributed by atoms with van der Waals surface area (Å²) in [5.41, 5.74) is 2.55. The molecule has 31 heavy (non-hydrogen) atoms. The Balaban J connectivity index is 1.51. The highest BCUT2D eigenvalue weighted by Crippen LogP contribution is 2.23. The first kappa shape index (κ1) is 21.7. The van der Waals surface area contributed by atoms with Gasteiger partial charge in [-0.1, -0.05) is 48.2 Å². The summed E-state index contributed by atoms with van der Waals surface area (Å²) in [4.78, 5) is 31.3. The molecule has 4 rings (SSSR count). The van der Waals surface area contributed by atoms with Crippen molar-refractivity contribution in [1.29, 1.82) is 0 Å². The first-order valence-electron chi connectivity index (χ1n) is 9.73. The van der Waals surface area contributed by atoms with Gasteiger partial charge in [0.2, 0.25) is 5.91 Å². The van der Waals surface area contributed by atoms with Gasteiger partial charge in [0, 0.05) is 17.1 Å². The van der Waals surface area contributed by atoms with Crippen molar-refractivity contribution < 1.29 is 4.79 Å². The number of carbonyl (C=O) groups excluding carboxylic acids is 1. The fourth-order valence-corrected chi connectivity index (χ4v) is 5.21. The fraction of sp³-hybridized carbons (Fsp3) is 0.174. The fourth-order valence-electron chi connectivity index (χ4n) is 3.14. The Kier molecular flexibility index (Phi) is 7.11. The largest absolute Gasteiger partial charge is 0.325 e. The van der Waals surface area contributed by atoms with E-state index in [1.165, 1.54) is 23.1 Å². The molecule has 0 saturated carbocycles. The molecule has 158 valence electrons. The third-order valence-electron chi connectivity index (χ3n) is 4.68. The lowest BCUT2D eigenvalue weighted by Crippen LogP contribution is -2.24. The Labute approximate surface area is 192 Å². The molecule has 0 bridgehead atoms. The normalized spacial score (nSPS) is 11.0. The number of nitrogens with zero attached hydrogens (tertiary/aromatic N) is 2. The number of benzene rings is 2. The minimum Gasteiger partial charge on any atom is -0.325 e. The summed E-state index contributed by atoms with van der Waals surface area (Å²) in [6.45, 7) is 0.517. The van der Waals surface area contributed by atoms with E-state index in [0.717, 1.165) is 22.6 Å². The number of aromatic nitrogens is 2. The van der Waals surface area contributed by atoms with Crippen LogP contribution in [-0.4, -0.2) is 27.5 Å². The van der Waals surface area contributed by atoms with Gasteiger partial charge < -0.3 is 5.32 Å². The van der Waals surface area contributed by atoms with Gasteiger partial charge in [0.25, 0.3) is 5.56 Å². The third-order valence-corrected chi connectivity index (χ3v) is 7.28. The second-order valence-corrected chi connectivity index (χ2v) is 9.53. The van der Waals surface area contributed by atoms with Crippen LogP contribution in [0.4, 0.5) is 5.69 Å². The predicted molar refractivity (Wildman–Crippen MR) is 132 cm³/mol. The predicted octanol–water partition coefficient (Wildman–Crippen LogP) is 5.15. The van der Waals surface area contributed by atoms with Crippen molar-refractivity contribution in [2.24, 2.45) is 0 Å². The molecule has 0 aliphatic carbocycles. The zero-order valence-electron chi connectivity index (χ0n) is 16.9. The second kappa shape index (κ2) is 10.2. The summed E-state index contributed by atoms with van der Waals surface area (Å²) in [6, 6.07) is 19.6. The second-order valence-electron chi connectivity index (χ2n) is 6.79. The van der Waals surface area contributed by atoms with Gasteiger partial charge in [-0.3, -0.25) is 14.2 Å². The lowest BCUT2D eigenvalue weighted by atomic mass is 10.1. The molecule has 5 nitrogen and oxygen atoms in total. The number of amides is 1. The van der Waals surface area contributed by atoms with Crippen molar-refractivity contribution in [1.82, 2.24) is 9.55 Å². The standard InChI is InChI=1S/C23H21N3O2S3/c1-29-18-9-5-8-17(14-18)24-20(27)15-31-23-25-19-11-13-30-21(19)22(28)26(23)12-10-16-6-3-2-4-7-16/h2-9,11,13-14H,10,12,15H2,1H3,(H,24,27). The van der Waals surface area contributed by atoms with E-state index < -0.39 is 0 Å².